The number of aromatic nitrogens is 1. The second kappa shape index (κ2) is 8.16. The van der Waals surface area contributed by atoms with Crippen molar-refractivity contribution in [1.82, 2.24) is 4.98 Å². The molecular weight excluding hydrogens is 416 g/mol. The molecule has 1 heterocycles. The van der Waals surface area contributed by atoms with Crippen LogP contribution in [0.15, 0.2) is 88.6 Å². The average Bonchev–Trinajstić information content (AvgIpc) is 2.82. The lowest BCUT2D eigenvalue weighted by molar-refractivity contribution is 0.403. The fourth-order valence-electron chi connectivity index (χ4n) is 4.02. The summed E-state index contributed by atoms with van der Waals surface area (Å²) in [5, 5.41) is 32.8. The normalized spacial score (nSPS) is 11.5. The standard InChI is InChI=1S/C27H20N2O4/c30-24-11-8-16(12-25(24)31)14-28-15-23-22-13-18(9-10-21(22)26(32)29-27(23)33)20-7-3-5-17-4-1-2-6-19(17)20/h1-13,15,30-31H,14H2,(H2,29,32,33). The number of aromatic amines is 1. The zero-order valence-corrected chi connectivity index (χ0v) is 17.5. The van der Waals surface area contributed by atoms with Crippen LogP contribution < -0.4 is 5.56 Å². The lowest BCUT2D eigenvalue weighted by atomic mass is 9.95. The third-order valence-corrected chi connectivity index (χ3v) is 5.68. The van der Waals surface area contributed by atoms with E-state index in [1.165, 1.54) is 18.3 Å². The van der Waals surface area contributed by atoms with Crippen LogP contribution in [-0.2, 0) is 6.54 Å². The van der Waals surface area contributed by atoms with Gasteiger partial charge in [-0.15, -0.1) is 0 Å². The first-order chi connectivity index (χ1) is 16.0. The number of aromatic hydroxyl groups is 3. The van der Waals surface area contributed by atoms with Gasteiger partial charge in [0.1, 0.15) is 0 Å². The van der Waals surface area contributed by atoms with Crippen LogP contribution in [-0.4, -0.2) is 26.5 Å². The minimum absolute atomic E-state index is 0.201. The second-order valence-corrected chi connectivity index (χ2v) is 7.80. The maximum atomic E-state index is 12.5. The minimum atomic E-state index is -0.382. The van der Waals surface area contributed by atoms with Crippen molar-refractivity contribution in [3.63, 3.8) is 0 Å². The summed E-state index contributed by atoms with van der Waals surface area (Å²) in [6, 6.07) is 24.2. The number of hydrogen-bond donors (Lipinski definition) is 4. The summed E-state index contributed by atoms with van der Waals surface area (Å²) in [6.45, 7) is 0.219. The first-order valence-corrected chi connectivity index (χ1v) is 10.4. The van der Waals surface area contributed by atoms with Gasteiger partial charge < -0.3 is 15.3 Å². The maximum Gasteiger partial charge on any atom is 0.258 e. The van der Waals surface area contributed by atoms with Crippen molar-refractivity contribution in [3.8, 4) is 28.5 Å². The van der Waals surface area contributed by atoms with E-state index < -0.39 is 0 Å². The van der Waals surface area contributed by atoms with E-state index in [0.29, 0.717) is 21.9 Å². The Morgan fingerprint density at radius 3 is 2.45 bits per heavy atom. The number of hydrogen-bond acceptors (Lipinski definition) is 5. The third-order valence-electron chi connectivity index (χ3n) is 5.68. The summed E-state index contributed by atoms with van der Waals surface area (Å²) in [5.41, 5.74) is 2.65. The molecule has 0 unspecified atom stereocenters. The van der Waals surface area contributed by atoms with Crippen molar-refractivity contribution in [2.24, 2.45) is 4.99 Å². The molecule has 0 aliphatic heterocycles. The van der Waals surface area contributed by atoms with Gasteiger partial charge >= 0.3 is 0 Å². The van der Waals surface area contributed by atoms with Gasteiger partial charge in [0, 0.05) is 17.0 Å². The van der Waals surface area contributed by atoms with Gasteiger partial charge in [-0.3, -0.25) is 14.8 Å². The quantitative estimate of drug-likeness (QED) is 0.233. The topological polar surface area (TPSA) is 106 Å². The van der Waals surface area contributed by atoms with E-state index in [9.17, 15) is 20.1 Å². The SMILES string of the molecule is O=c1[nH]c(O)c(C=NCc2ccc(O)c(O)c2)c2cc(-c3cccc4ccccc34)ccc12. The molecule has 0 aliphatic rings. The van der Waals surface area contributed by atoms with Gasteiger partial charge in [-0.25, -0.2) is 0 Å². The van der Waals surface area contributed by atoms with Crippen molar-refractivity contribution >= 4 is 27.8 Å². The summed E-state index contributed by atoms with van der Waals surface area (Å²) < 4.78 is 0. The Morgan fingerprint density at radius 2 is 1.61 bits per heavy atom. The molecule has 1 aromatic heterocycles. The fourth-order valence-corrected chi connectivity index (χ4v) is 4.02. The first kappa shape index (κ1) is 20.3. The van der Waals surface area contributed by atoms with Gasteiger partial charge in [0.05, 0.1) is 12.1 Å². The van der Waals surface area contributed by atoms with Crippen molar-refractivity contribution in [2.75, 3.05) is 0 Å². The number of pyridine rings is 1. The Morgan fingerprint density at radius 1 is 0.788 bits per heavy atom. The highest BCUT2D eigenvalue weighted by atomic mass is 16.3. The van der Waals surface area contributed by atoms with E-state index in [-0.39, 0.29) is 29.5 Å². The number of phenols is 2. The molecule has 5 aromatic rings. The van der Waals surface area contributed by atoms with Crippen LogP contribution in [0.25, 0.3) is 32.7 Å². The molecule has 0 saturated heterocycles. The highest BCUT2D eigenvalue weighted by Gasteiger charge is 2.12. The van der Waals surface area contributed by atoms with Gasteiger partial charge in [0.15, 0.2) is 11.5 Å². The molecule has 6 heteroatoms. The molecule has 33 heavy (non-hydrogen) atoms. The number of rotatable bonds is 4. The van der Waals surface area contributed by atoms with Gasteiger partial charge in [-0.05, 0) is 51.7 Å². The zero-order valence-electron chi connectivity index (χ0n) is 17.5. The summed E-state index contributed by atoms with van der Waals surface area (Å²) in [6.07, 6.45) is 1.50. The van der Waals surface area contributed by atoms with Crippen LogP contribution >= 0.6 is 0 Å². The van der Waals surface area contributed by atoms with Crippen molar-refractivity contribution < 1.29 is 15.3 Å². The Balaban J connectivity index is 1.61. The lowest BCUT2D eigenvalue weighted by Gasteiger charge is -2.10. The second-order valence-electron chi connectivity index (χ2n) is 7.80. The Kier molecular flexibility index (Phi) is 5.03. The van der Waals surface area contributed by atoms with Gasteiger partial charge in [-0.2, -0.15) is 0 Å². The van der Waals surface area contributed by atoms with E-state index >= 15 is 0 Å². The molecular formula is C27H20N2O4. The lowest BCUT2D eigenvalue weighted by Crippen LogP contribution is -2.08. The molecule has 5 rings (SSSR count). The molecule has 4 N–H and O–H groups in total. The van der Waals surface area contributed by atoms with Crippen LogP contribution in [0.5, 0.6) is 17.4 Å². The van der Waals surface area contributed by atoms with Crippen LogP contribution in [0, 0.1) is 0 Å². The van der Waals surface area contributed by atoms with Gasteiger partial charge in [0.25, 0.3) is 5.56 Å². The van der Waals surface area contributed by atoms with E-state index in [1.54, 1.807) is 12.1 Å². The van der Waals surface area contributed by atoms with Crippen molar-refractivity contribution in [2.45, 2.75) is 6.54 Å². The van der Waals surface area contributed by atoms with Gasteiger partial charge in [0.2, 0.25) is 5.88 Å². The molecule has 0 atom stereocenters. The zero-order chi connectivity index (χ0) is 22.9. The minimum Gasteiger partial charge on any atom is -0.504 e. The van der Waals surface area contributed by atoms with Crippen LogP contribution in [0.3, 0.4) is 0 Å². The number of phenolic OH excluding ortho intramolecular Hbond substituents is 2. The summed E-state index contributed by atoms with van der Waals surface area (Å²) in [5.74, 6) is -0.687. The molecule has 0 radical (unpaired) electrons. The molecule has 162 valence electrons. The van der Waals surface area contributed by atoms with E-state index in [1.807, 2.05) is 36.4 Å². The van der Waals surface area contributed by atoms with Gasteiger partial charge in [-0.1, -0.05) is 54.6 Å². The molecule has 0 bridgehead atoms. The van der Waals surface area contributed by atoms with Crippen LogP contribution in [0.2, 0.25) is 0 Å². The maximum absolute atomic E-state index is 12.5. The smallest absolute Gasteiger partial charge is 0.258 e. The molecule has 0 fully saturated rings. The highest BCUT2D eigenvalue weighted by molar-refractivity contribution is 6.04. The van der Waals surface area contributed by atoms with E-state index in [0.717, 1.165) is 21.9 Å². The van der Waals surface area contributed by atoms with Crippen LogP contribution in [0.4, 0.5) is 0 Å². The first-order valence-electron chi connectivity index (χ1n) is 10.4. The van der Waals surface area contributed by atoms with E-state index in [2.05, 4.69) is 28.2 Å². The average molecular weight is 436 g/mol. The summed E-state index contributed by atoms with van der Waals surface area (Å²) in [4.78, 5) is 19.3. The summed E-state index contributed by atoms with van der Waals surface area (Å²) >= 11 is 0. The van der Waals surface area contributed by atoms with Crippen LogP contribution in [0.1, 0.15) is 11.1 Å². The van der Waals surface area contributed by atoms with Crippen molar-refractivity contribution in [1.29, 1.82) is 0 Å². The number of nitrogens with zero attached hydrogens (tertiary/aromatic N) is 1. The molecule has 0 saturated carbocycles. The Labute approximate surface area is 188 Å². The largest absolute Gasteiger partial charge is 0.504 e. The predicted molar refractivity (Wildman–Crippen MR) is 130 cm³/mol. The molecule has 0 spiro atoms. The third kappa shape index (κ3) is 3.78. The molecule has 0 aliphatic carbocycles. The predicted octanol–water partition coefficient (Wildman–Crippen LogP) is 5.08. The number of aliphatic imine (C=N–C) groups is 1. The number of H-pyrrole nitrogens is 1. The Hall–Kier alpha value is -4.58. The number of nitrogens with one attached hydrogen (secondary N) is 1. The van der Waals surface area contributed by atoms with E-state index in [4.69, 9.17) is 0 Å². The number of benzene rings is 4. The summed E-state index contributed by atoms with van der Waals surface area (Å²) in [7, 11) is 0. The highest BCUT2D eigenvalue weighted by Crippen LogP contribution is 2.32. The molecule has 0 amide bonds. The molecule has 6 nitrogen and oxygen atoms in total. The molecule has 4 aromatic carbocycles. The fraction of sp³-hybridized carbons (Fsp3) is 0.0370. The monoisotopic (exact) mass is 436 g/mol. The number of fused-ring (bicyclic) bond motifs is 2. The Bertz CT molecular complexity index is 1600. The van der Waals surface area contributed by atoms with Crippen molar-refractivity contribution in [3.05, 3.63) is 100 Å².